The molecule has 0 bridgehead atoms. The van der Waals surface area contributed by atoms with Gasteiger partial charge >= 0.3 is 0 Å². The van der Waals surface area contributed by atoms with Gasteiger partial charge in [0.1, 0.15) is 0 Å². The lowest BCUT2D eigenvalue weighted by atomic mass is 10.2. The third-order valence-electron chi connectivity index (χ3n) is 1.77. The molecule has 1 heterocycles. The molecule has 1 aromatic carbocycles. The number of benzene rings is 1. The second kappa shape index (κ2) is 3.25. The predicted molar refractivity (Wildman–Crippen MR) is 45.3 cm³/mol. The summed E-state index contributed by atoms with van der Waals surface area (Å²) in [6.45, 7) is 2.65. The van der Waals surface area contributed by atoms with Gasteiger partial charge in [-0.15, -0.1) is 0 Å². The molecule has 1 aliphatic heterocycles. The van der Waals surface area contributed by atoms with E-state index in [1.54, 1.807) is 0 Å². The van der Waals surface area contributed by atoms with E-state index in [4.69, 9.17) is 9.47 Å². The quantitative estimate of drug-likeness (QED) is 0.630. The zero-order chi connectivity index (χ0) is 8.39. The Kier molecular flexibility index (Phi) is 2.11. The monoisotopic (exact) mass is 163 g/mol. The third kappa shape index (κ3) is 1.49. The van der Waals surface area contributed by atoms with Crippen LogP contribution < -0.4 is 0 Å². The van der Waals surface area contributed by atoms with Crippen LogP contribution in [0.15, 0.2) is 30.3 Å². The Labute approximate surface area is 72.1 Å². The SMILES string of the molecule is CC1CO[C](c2ccccc2)O1. The molecule has 2 heteroatoms. The van der Waals surface area contributed by atoms with E-state index >= 15 is 0 Å². The summed E-state index contributed by atoms with van der Waals surface area (Å²) >= 11 is 0. The van der Waals surface area contributed by atoms with Gasteiger partial charge in [0.2, 0.25) is 0 Å². The summed E-state index contributed by atoms with van der Waals surface area (Å²) in [7, 11) is 0. The number of ether oxygens (including phenoxy) is 2. The maximum atomic E-state index is 5.44. The van der Waals surface area contributed by atoms with Gasteiger partial charge in [-0.2, -0.15) is 0 Å². The first-order valence-corrected chi connectivity index (χ1v) is 4.08. The van der Waals surface area contributed by atoms with Crippen LogP contribution in [0.2, 0.25) is 0 Å². The summed E-state index contributed by atoms with van der Waals surface area (Å²) < 4.78 is 10.8. The van der Waals surface area contributed by atoms with Crippen molar-refractivity contribution in [3.8, 4) is 0 Å². The molecule has 1 radical (unpaired) electrons. The van der Waals surface area contributed by atoms with E-state index in [0.29, 0.717) is 12.9 Å². The lowest BCUT2D eigenvalue weighted by molar-refractivity contribution is 0.0807. The van der Waals surface area contributed by atoms with Crippen molar-refractivity contribution < 1.29 is 9.47 Å². The zero-order valence-corrected chi connectivity index (χ0v) is 6.99. The highest BCUT2D eigenvalue weighted by Gasteiger charge is 2.25. The van der Waals surface area contributed by atoms with Gasteiger partial charge < -0.3 is 9.47 Å². The number of hydrogen-bond donors (Lipinski definition) is 0. The van der Waals surface area contributed by atoms with E-state index in [9.17, 15) is 0 Å². The first kappa shape index (κ1) is 7.77. The summed E-state index contributed by atoms with van der Waals surface area (Å²) in [5.74, 6) is 0. The fourth-order valence-corrected chi connectivity index (χ4v) is 1.17. The minimum absolute atomic E-state index is 0.181. The maximum Gasteiger partial charge on any atom is 0.256 e. The van der Waals surface area contributed by atoms with Crippen LogP contribution in [0, 0.1) is 6.29 Å². The Morgan fingerprint density at radius 1 is 1.25 bits per heavy atom. The molecule has 0 aromatic heterocycles. The minimum atomic E-state index is 0.181. The van der Waals surface area contributed by atoms with Gasteiger partial charge in [-0.25, -0.2) is 0 Å². The second-order valence-electron chi connectivity index (χ2n) is 2.89. The Bertz CT molecular complexity index is 245. The van der Waals surface area contributed by atoms with Crippen molar-refractivity contribution in [3.63, 3.8) is 0 Å². The van der Waals surface area contributed by atoms with Crippen LogP contribution in [0.3, 0.4) is 0 Å². The third-order valence-corrected chi connectivity index (χ3v) is 1.77. The molecule has 63 valence electrons. The Morgan fingerprint density at radius 2 is 2.00 bits per heavy atom. The fraction of sp³-hybridized carbons (Fsp3) is 0.300. The summed E-state index contributed by atoms with van der Waals surface area (Å²) in [6, 6.07) is 9.87. The van der Waals surface area contributed by atoms with Gasteiger partial charge in [0.05, 0.1) is 12.7 Å². The summed E-state index contributed by atoms with van der Waals surface area (Å²) in [5.41, 5.74) is 1.02. The molecule has 1 saturated heterocycles. The molecule has 2 nitrogen and oxygen atoms in total. The van der Waals surface area contributed by atoms with Crippen molar-refractivity contribution in [1.82, 2.24) is 0 Å². The summed E-state index contributed by atoms with van der Waals surface area (Å²) in [4.78, 5) is 0. The highest BCUT2D eigenvalue weighted by atomic mass is 16.7. The molecule has 0 N–H and O–H groups in total. The normalized spacial score (nSPS) is 24.6. The molecule has 1 unspecified atom stereocenters. The smallest absolute Gasteiger partial charge is 0.256 e. The van der Waals surface area contributed by atoms with Crippen molar-refractivity contribution in [2.45, 2.75) is 13.0 Å². The van der Waals surface area contributed by atoms with Gasteiger partial charge in [0.25, 0.3) is 6.29 Å². The van der Waals surface area contributed by atoms with Crippen LogP contribution in [0.25, 0.3) is 0 Å². The summed E-state index contributed by atoms with van der Waals surface area (Å²) in [6.07, 6.45) is 0.836. The van der Waals surface area contributed by atoms with E-state index < -0.39 is 0 Å². The standard InChI is InChI=1S/C10H11O2/c1-8-7-11-10(12-8)9-5-3-2-4-6-9/h2-6,8H,7H2,1H3. The van der Waals surface area contributed by atoms with Gasteiger partial charge in [-0.3, -0.25) is 0 Å². The molecule has 1 fully saturated rings. The lowest BCUT2D eigenvalue weighted by Gasteiger charge is -2.06. The van der Waals surface area contributed by atoms with Crippen LogP contribution in [0.4, 0.5) is 0 Å². The summed E-state index contributed by atoms with van der Waals surface area (Å²) in [5, 5.41) is 0. The molecule has 0 aliphatic carbocycles. The second-order valence-corrected chi connectivity index (χ2v) is 2.89. The Hall–Kier alpha value is -0.860. The zero-order valence-electron chi connectivity index (χ0n) is 6.99. The van der Waals surface area contributed by atoms with Crippen molar-refractivity contribution in [1.29, 1.82) is 0 Å². The largest absolute Gasteiger partial charge is 0.339 e. The van der Waals surface area contributed by atoms with E-state index in [1.165, 1.54) is 0 Å². The lowest BCUT2D eigenvalue weighted by Crippen LogP contribution is -2.02. The molecule has 1 atom stereocenters. The molecule has 2 rings (SSSR count). The topological polar surface area (TPSA) is 18.5 Å². The fourth-order valence-electron chi connectivity index (χ4n) is 1.17. The Balaban J connectivity index is 2.11. The number of rotatable bonds is 1. The molecular weight excluding hydrogens is 152 g/mol. The van der Waals surface area contributed by atoms with Gasteiger partial charge in [-0.1, -0.05) is 30.3 Å². The van der Waals surface area contributed by atoms with Crippen LogP contribution in [0.1, 0.15) is 12.5 Å². The van der Waals surface area contributed by atoms with Crippen LogP contribution in [-0.2, 0) is 9.47 Å². The first-order valence-electron chi connectivity index (χ1n) is 4.08. The van der Waals surface area contributed by atoms with Gasteiger partial charge in [0, 0.05) is 5.56 Å². The van der Waals surface area contributed by atoms with Crippen molar-refractivity contribution in [2.24, 2.45) is 0 Å². The predicted octanol–water partition coefficient (Wildman–Crippen LogP) is 1.96. The van der Waals surface area contributed by atoms with Gasteiger partial charge in [0.15, 0.2) is 0 Å². The van der Waals surface area contributed by atoms with Crippen LogP contribution in [0.5, 0.6) is 0 Å². The van der Waals surface area contributed by atoms with E-state index in [1.807, 2.05) is 37.3 Å². The Morgan fingerprint density at radius 3 is 2.58 bits per heavy atom. The van der Waals surface area contributed by atoms with Crippen LogP contribution >= 0.6 is 0 Å². The number of hydrogen-bond acceptors (Lipinski definition) is 2. The molecule has 0 saturated carbocycles. The molecule has 0 spiro atoms. The van der Waals surface area contributed by atoms with Crippen molar-refractivity contribution in [3.05, 3.63) is 42.2 Å². The molecule has 0 amide bonds. The van der Waals surface area contributed by atoms with E-state index in [0.717, 1.165) is 5.56 Å². The maximum absolute atomic E-state index is 5.44. The van der Waals surface area contributed by atoms with Crippen molar-refractivity contribution in [2.75, 3.05) is 6.61 Å². The average Bonchev–Trinajstić information content (AvgIpc) is 2.54. The average molecular weight is 163 g/mol. The highest BCUT2D eigenvalue weighted by Crippen LogP contribution is 2.24. The van der Waals surface area contributed by atoms with Crippen LogP contribution in [-0.4, -0.2) is 12.7 Å². The molecule has 12 heavy (non-hydrogen) atoms. The van der Waals surface area contributed by atoms with E-state index in [-0.39, 0.29) is 6.10 Å². The molecule has 1 aromatic rings. The molecular formula is C10H11O2. The van der Waals surface area contributed by atoms with Gasteiger partial charge in [-0.05, 0) is 6.92 Å². The highest BCUT2D eigenvalue weighted by molar-refractivity contribution is 5.24. The first-order chi connectivity index (χ1) is 5.86. The van der Waals surface area contributed by atoms with Crippen molar-refractivity contribution >= 4 is 0 Å². The minimum Gasteiger partial charge on any atom is -0.339 e. The molecule has 1 aliphatic rings. The van der Waals surface area contributed by atoms with E-state index in [2.05, 4.69) is 0 Å².